The molecule has 1 saturated carbocycles. The maximum Gasteiger partial charge on any atom is 0.0499 e. The molecule has 0 bridgehead atoms. The fourth-order valence-electron chi connectivity index (χ4n) is 3.96. The molecule has 3 atom stereocenters. The minimum absolute atomic E-state index is 0.227. The second kappa shape index (κ2) is 5.27. The van der Waals surface area contributed by atoms with Gasteiger partial charge in [-0.15, -0.1) is 0 Å². The average Bonchev–Trinajstić information content (AvgIpc) is 2.74. The van der Waals surface area contributed by atoms with Crippen LogP contribution in [0.15, 0.2) is 0 Å². The van der Waals surface area contributed by atoms with Crippen molar-refractivity contribution in [3.05, 3.63) is 0 Å². The zero-order valence-corrected chi connectivity index (χ0v) is 11.8. The van der Waals surface area contributed by atoms with Crippen molar-refractivity contribution in [2.45, 2.75) is 58.9 Å². The lowest BCUT2D eigenvalue weighted by Gasteiger charge is -2.45. The van der Waals surface area contributed by atoms with Crippen LogP contribution in [-0.4, -0.2) is 35.7 Å². The van der Waals surface area contributed by atoms with Crippen LogP contribution >= 0.6 is 0 Å². The first-order chi connectivity index (χ1) is 8.06. The van der Waals surface area contributed by atoms with Gasteiger partial charge in [0.2, 0.25) is 0 Å². The third-order valence-corrected chi connectivity index (χ3v) is 5.26. The Kier molecular flexibility index (Phi) is 4.14. The highest BCUT2D eigenvalue weighted by atomic mass is 16.3. The van der Waals surface area contributed by atoms with Crippen LogP contribution < -0.4 is 0 Å². The number of aliphatic hydroxyl groups excluding tert-OH is 1. The van der Waals surface area contributed by atoms with Gasteiger partial charge in [-0.2, -0.15) is 0 Å². The predicted octanol–water partition coefficient (Wildman–Crippen LogP) is 2.91. The molecule has 17 heavy (non-hydrogen) atoms. The number of likely N-dealkylation sites (tertiary alicyclic amines) is 1. The van der Waals surface area contributed by atoms with Crippen LogP contribution in [0.25, 0.3) is 0 Å². The molecule has 1 aliphatic heterocycles. The Morgan fingerprint density at radius 3 is 2.41 bits per heavy atom. The summed E-state index contributed by atoms with van der Waals surface area (Å²) < 4.78 is 0. The SMILES string of the molecule is CC1CC(C)C(C)N(CC2(CO)CCCC2)C1. The number of rotatable bonds is 3. The molecule has 0 amide bonds. The molecule has 2 aliphatic rings. The third-order valence-electron chi connectivity index (χ3n) is 5.26. The fourth-order valence-corrected chi connectivity index (χ4v) is 3.96. The lowest BCUT2D eigenvalue weighted by atomic mass is 9.81. The van der Waals surface area contributed by atoms with E-state index in [1.807, 2.05) is 0 Å². The first-order valence-corrected chi connectivity index (χ1v) is 7.41. The monoisotopic (exact) mass is 239 g/mol. The van der Waals surface area contributed by atoms with Crippen molar-refractivity contribution in [1.29, 1.82) is 0 Å². The molecule has 0 aromatic carbocycles. The Morgan fingerprint density at radius 2 is 1.82 bits per heavy atom. The summed E-state index contributed by atoms with van der Waals surface area (Å²) >= 11 is 0. The predicted molar refractivity (Wildman–Crippen MR) is 72.0 cm³/mol. The number of nitrogens with zero attached hydrogens (tertiary/aromatic N) is 1. The number of piperidine rings is 1. The van der Waals surface area contributed by atoms with Crippen LogP contribution in [0, 0.1) is 17.3 Å². The second-order valence-corrected chi connectivity index (χ2v) is 6.85. The minimum Gasteiger partial charge on any atom is -0.396 e. The summed E-state index contributed by atoms with van der Waals surface area (Å²) in [6, 6.07) is 0.690. The van der Waals surface area contributed by atoms with Crippen molar-refractivity contribution < 1.29 is 5.11 Å². The molecule has 3 unspecified atom stereocenters. The number of aliphatic hydroxyl groups is 1. The number of hydrogen-bond acceptors (Lipinski definition) is 2. The van der Waals surface area contributed by atoms with Gasteiger partial charge in [0.15, 0.2) is 0 Å². The largest absolute Gasteiger partial charge is 0.396 e. The highest BCUT2D eigenvalue weighted by Crippen LogP contribution is 2.40. The Balaban J connectivity index is 2.00. The average molecular weight is 239 g/mol. The van der Waals surface area contributed by atoms with Gasteiger partial charge in [0, 0.05) is 31.2 Å². The van der Waals surface area contributed by atoms with Gasteiger partial charge in [0.1, 0.15) is 0 Å². The molecule has 1 heterocycles. The molecule has 0 aromatic heterocycles. The van der Waals surface area contributed by atoms with E-state index < -0.39 is 0 Å². The van der Waals surface area contributed by atoms with Crippen LogP contribution in [0.5, 0.6) is 0 Å². The van der Waals surface area contributed by atoms with E-state index in [0.717, 1.165) is 18.4 Å². The van der Waals surface area contributed by atoms with Gasteiger partial charge in [-0.25, -0.2) is 0 Å². The van der Waals surface area contributed by atoms with Crippen LogP contribution in [0.3, 0.4) is 0 Å². The van der Waals surface area contributed by atoms with E-state index in [9.17, 15) is 5.11 Å². The molecule has 2 fully saturated rings. The van der Waals surface area contributed by atoms with Gasteiger partial charge in [-0.1, -0.05) is 26.7 Å². The van der Waals surface area contributed by atoms with E-state index in [1.165, 1.54) is 38.6 Å². The summed E-state index contributed by atoms with van der Waals surface area (Å²) in [7, 11) is 0. The smallest absolute Gasteiger partial charge is 0.0499 e. The van der Waals surface area contributed by atoms with Crippen molar-refractivity contribution in [3.63, 3.8) is 0 Å². The van der Waals surface area contributed by atoms with Gasteiger partial charge < -0.3 is 5.11 Å². The Morgan fingerprint density at radius 1 is 1.18 bits per heavy atom. The molecular weight excluding hydrogens is 210 g/mol. The van der Waals surface area contributed by atoms with Gasteiger partial charge in [-0.05, 0) is 38.0 Å². The van der Waals surface area contributed by atoms with Crippen LogP contribution in [0.2, 0.25) is 0 Å². The van der Waals surface area contributed by atoms with E-state index in [2.05, 4.69) is 25.7 Å². The Bertz CT molecular complexity index is 247. The molecule has 100 valence electrons. The maximum absolute atomic E-state index is 9.74. The molecule has 2 rings (SSSR count). The zero-order valence-electron chi connectivity index (χ0n) is 11.8. The van der Waals surface area contributed by atoms with Gasteiger partial charge in [0.05, 0.1) is 0 Å². The zero-order chi connectivity index (χ0) is 12.5. The fraction of sp³-hybridized carbons (Fsp3) is 1.00. The van der Waals surface area contributed by atoms with Gasteiger partial charge in [-0.3, -0.25) is 4.90 Å². The highest BCUT2D eigenvalue weighted by Gasteiger charge is 2.38. The lowest BCUT2D eigenvalue weighted by molar-refractivity contribution is 0.0137. The first kappa shape index (κ1) is 13.4. The molecule has 1 aliphatic carbocycles. The van der Waals surface area contributed by atoms with Crippen LogP contribution in [0.1, 0.15) is 52.9 Å². The van der Waals surface area contributed by atoms with Crippen LogP contribution in [0.4, 0.5) is 0 Å². The topological polar surface area (TPSA) is 23.5 Å². The quantitative estimate of drug-likeness (QED) is 0.818. The minimum atomic E-state index is 0.227. The summed E-state index contributed by atoms with van der Waals surface area (Å²) in [6.07, 6.45) is 6.45. The summed E-state index contributed by atoms with van der Waals surface area (Å²) in [5.74, 6) is 1.62. The highest BCUT2D eigenvalue weighted by molar-refractivity contribution is 4.91. The number of hydrogen-bond donors (Lipinski definition) is 1. The molecule has 2 heteroatoms. The second-order valence-electron chi connectivity index (χ2n) is 6.85. The van der Waals surface area contributed by atoms with Crippen molar-refractivity contribution in [2.75, 3.05) is 19.7 Å². The summed E-state index contributed by atoms with van der Waals surface area (Å²) in [5, 5.41) is 9.74. The summed E-state index contributed by atoms with van der Waals surface area (Å²) in [6.45, 7) is 9.87. The Labute approximate surface area is 106 Å². The lowest BCUT2D eigenvalue weighted by Crippen LogP contribution is -2.50. The molecule has 2 nitrogen and oxygen atoms in total. The summed E-state index contributed by atoms with van der Waals surface area (Å²) in [5.41, 5.74) is 0.227. The van der Waals surface area contributed by atoms with Crippen molar-refractivity contribution >= 4 is 0 Å². The molecule has 1 saturated heterocycles. The maximum atomic E-state index is 9.74. The van der Waals surface area contributed by atoms with Crippen molar-refractivity contribution in [1.82, 2.24) is 4.90 Å². The standard InChI is InChI=1S/C15H29NO/c1-12-8-13(2)14(3)16(9-12)10-15(11-17)6-4-5-7-15/h12-14,17H,4-11H2,1-3H3. The van der Waals surface area contributed by atoms with E-state index in [4.69, 9.17) is 0 Å². The van der Waals surface area contributed by atoms with Gasteiger partial charge in [0.25, 0.3) is 0 Å². The third kappa shape index (κ3) is 2.85. The molecule has 0 aromatic rings. The van der Waals surface area contributed by atoms with Gasteiger partial charge >= 0.3 is 0 Å². The van der Waals surface area contributed by atoms with E-state index in [0.29, 0.717) is 12.6 Å². The molecule has 1 N–H and O–H groups in total. The normalized spacial score (nSPS) is 38.5. The van der Waals surface area contributed by atoms with Crippen molar-refractivity contribution in [3.8, 4) is 0 Å². The Hall–Kier alpha value is -0.0800. The molecule has 0 radical (unpaired) electrons. The first-order valence-electron chi connectivity index (χ1n) is 7.41. The molecular formula is C15H29NO. The van der Waals surface area contributed by atoms with Crippen molar-refractivity contribution in [2.24, 2.45) is 17.3 Å². The van der Waals surface area contributed by atoms with E-state index in [-0.39, 0.29) is 5.41 Å². The molecule has 0 spiro atoms. The van der Waals surface area contributed by atoms with E-state index >= 15 is 0 Å². The summed E-state index contributed by atoms with van der Waals surface area (Å²) in [4.78, 5) is 2.65. The van der Waals surface area contributed by atoms with Crippen LogP contribution in [-0.2, 0) is 0 Å². The van der Waals surface area contributed by atoms with E-state index in [1.54, 1.807) is 0 Å².